The average Bonchev–Trinajstić information content (AvgIpc) is 2.77. The molecule has 0 aromatic heterocycles. The number of hydrogen-bond donors (Lipinski definition) is 1. The number of allylic oxidation sites excluding steroid dienone is 3. The Kier molecular flexibility index (Phi) is 6.61. The van der Waals surface area contributed by atoms with Crippen LogP contribution in [0, 0.1) is 11.3 Å². The molecule has 0 saturated carbocycles. The lowest BCUT2D eigenvalue weighted by molar-refractivity contribution is -0.134. The van der Waals surface area contributed by atoms with Crippen LogP contribution in [-0.4, -0.2) is 46.0 Å². The second-order valence-electron chi connectivity index (χ2n) is 8.14. The van der Waals surface area contributed by atoms with Crippen molar-refractivity contribution in [3.8, 4) is 0 Å². The van der Waals surface area contributed by atoms with E-state index in [0.717, 1.165) is 12.5 Å². The van der Waals surface area contributed by atoms with Crippen LogP contribution in [0.1, 0.15) is 28.9 Å². The van der Waals surface area contributed by atoms with Gasteiger partial charge in [-0.05, 0) is 29.7 Å². The van der Waals surface area contributed by atoms with Crippen molar-refractivity contribution in [3.05, 3.63) is 88.9 Å². The zero-order chi connectivity index (χ0) is 24.6. The number of sulfone groups is 2. The number of carbonyl (C=O) groups excluding carboxylic acids is 2. The fourth-order valence-corrected chi connectivity index (χ4v) is 5.25. The summed E-state index contributed by atoms with van der Waals surface area (Å²) in [4.78, 5) is 27.3. The van der Waals surface area contributed by atoms with Crippen molar-refractivity contribution in [2.24, 2.45) is 11.3 Å². The van der Waals surface area contributed by atoms with Gasteiger partial charge in [-0.25, -0.2) is 16.8 Å². The summed E-state index contributed by atoms with van der Waals surface area (Å²) in [5, 5.41) is 10.8. The normalized spacial score (nSPS) is 21.8. The van der Waals surface area contributed by atoms with E-state index in [1.165, 1.54) is 49.4 Å². The van der Waals surface area contributed by atoms with Gasteiger partial charge in [-0.2, -0.15) is 0 Å². The first kappa shape index (κ1) is 24.8. The van der Waals surface area contributed by atoms with Crippen molar-refractivity contribution in [3.63, 3.8) is 0 Å². The number of rotatable bonds is 7. The quantitative estimate of drug-likeness (QED) is 0.470. The van der Waals surface area contributed by atoms with Crippen molar-refractivity contribution in [1.82, 2.24) is 0 Å². The molecular weight excluding hydrogens is 464 g/mol. The summed E-state index contributed by atoms with van der Waals surface area (Å²) in [6.07, 6.45) is 4.19. The third-order valence-corrected chi connectivity index (χ3v) is 8.02. The second-order valence-corrected chi connectivity index (χ2v) is 12.2. The summed E-state index contributed by atoms with van der Waals surface area (Å²) in [5.74, 6) is -2.38. The van der Waals surface area contributed by atoms with Crippen molar-refractivity contribution in [1.29, 1.82) is 0 Å². The van der Waals surface area contributed by atoms with Gasteiger partial charge in [0.25, 0.3) is 0 Å². The maximum atomic E-state index is 13.7. The van der Waals surface area contributed by atoms with Crippen molar-refractivity contribution in [2.45, 2.75) is 17.9 Å². The first-order chi connectivity index (χ1) is 15.3. The minimum Gasteiger partial charge on any atom is -0.380 e. The molecule has 1 aliphatic rings. The summed E-state index contributed by atoms with van der Waals surface area (Å²) < 4.78 is 47.6. The van der Waals surface area contributed by atoms with E-state index >= 15 is 0 Å². The highest BCUT2D eigenvalue weighted by Gasteiger charge is 2.51. The number of ketones is 2. The van der Waals surface area contributed by atoms with E-state index in [1.54, 1.807) is 30.3 Å². The fourth-order valence-electron chi connectivity index (χ4n) is 3.85. The van der Waals surface area contributed by atoms with Gasteiger partial charge in [0.05, 0.1) is 9.80 Å². The Morgan fingerprint density at radius 2 is 1.48 bits per heavy atom. The largest absolute Gasteiger partial charge is 0.380 e. The number of aliphatic hydroxyl groups excluding tert-OH is 1. The number of Topliss-reactive ketones (excluding diaryl/α,β-unsaturated/α-hetero) is 2. The topological polar surface area (TPSA) is 123 Å². The predicted molar refractivity (Wildman–Crippen MR) is 124 cm³/mol. The first-order valence-corrected chi connectivity index (χ1v) is 13.8. The number of hydrogen-bond acceptors (Lipinski definition) is 7. The number of benzene rings is 2. The Morgan fingerprint density at radius 3 is 1.97 bits per heavy atom. The summed E-state index contributed by atoms with van der Waals surface area (Å²) in [6, 6.07) is 13.3. The molecule has 33 heavy (non-hydrogen) atoms. The molecule has 7 nitrogen and oxygen atoms in total. The minimum atomic E-state index is -3.60. The average molecular weight is 489 g/mol. The summed E-state index contributed by atoms with van der Waals surface area (Å²) in [7, 11) is -7.09. The summed E-state index contributed by atoms with van der Waals surface area (Å²) >= 11 is 0. The van der Waals surface area contributed by atoms with Gasteiger partial charge < -0.3 is 5.11 Å². The highest BCUT2D eigenvalue weighted by Crippen LogP contribution is 2.43. The first-order valence-electron chi connectivity index (χ1n) is 10.0. The number of carbonyl (C=O) groups is 2. The Bertz CT molecular complexity index is 1350. The Hall–Kier alpha value is -2.88. The molecule has 3 rings (SSSR count). The van der Waals surface area contributed by atoms with Gasteiger partial charge >= 0.3 is 0 Å². The molecule has 0 fully saturated rings. The van der Waals surface area contributed by atoms with Crippen molar-refractivity contribution >= 4 is 31.2 Å². The summed E-state index contributed by atoms with van der Waals surface area (Å²) in [5.41, 5.74) is -1.54. The predicted octanol–water partition coefficient (Wildman–Crippen LogP) is 2.70. The van der Waals surface area contributed by atoms with Crippen LogP contribution in [0.25, 0.3) is 0 Å². The minimum absolute atomic E-state index is 0.00948. The molecule has 1 N–H and O–H groups in total. The molecule has 0 spiro atoms. The molecule has 2 unspecified atom stereocenters. The van der Waals surface area contributed by atoms with Gasteiger partial charge in [0, 0.05) is 18.1 Å². The molecular formula is C24H24O7S2. The Balaban J connectivity index is 2.14. The molecule has 2 aromatic carbocycles. The lowest BCUT2D eigenvalue weighted by atomic mass is 9.64. The van der Waals surface area contributed by atoms with Crippen LogP contribution < -0.4 is 0 Å². The van der Waals surface area contributed by atoms with Crippen LogP contribution >= 0.6 is 0 Å². The molecule has 174 valence electrons. The fraction of sp³-hybridized carbons (Fsp3) is 0.250. The van der Waals surface area contributed by atoms with E-state index in [2.05, 4.69) is 0 Å². The maximum absolute atomic E-state index is 13.7. The summed E-state index contributed by atoms with van der Waals surface area (Å²) in [6.45, 7) is 1.53. The molecule has 0 amide bonds. The molecule has 0 radical (unpaired) electrons. The van der Waals surface area contributed by atoms with Crippen molar-refractivity contribution in [2.75, 3.05) is 12.5 Å². The van der Waals surface area contributed by atoms with E-state index in [9.17, 15) is 31.5 Å². The van der Waals surface area contributed by atoms with E-state index in [1.807, 2.05) is 0 Å². The molecule has 1 aliphatic carbocycles. The number of aliphatic hydroxyl groups is 1. The van der Waals surface area contributed by atoms with Crippen molar-refractivity contribution < 1.29 is 31.5 Å². The third kappa shape index (κ3) is 4.75. The lowest BCUT2D eigenvalue weighted by Crippen LogP contribution is -2.46. The standard InChI is InChI=1S/C24H24O7S2/c1-16-15-20(33(3,30)31)13-14-24(16,23(27)21(25)17-7-5-4-6-8-17)22(26)18-9-11-19(12-10-18)32(2,28)29/h4-16,21,25H,1-3H3/t16-,21?,24?/m0/s1. The molecule has 9 heteroatoms. The van der Waals surface area contributed by atoms with Crippen LogP contribution in [0.15, 0.2) is 82.6 Å². The molecule has 0 aliphatic heterocycles. The van der Waals surface area contributed by atoms with Gasteiger partial charge in [-0.15, -0.1) is 0 Å². The zero-order valence-electron chi connectivity index (χ0n) is 18.3. The van der Waals surface area contributed by atoms with E-state index in [-0.39, 0.29) is 15.4 Å². The van der Waals surface area contributed by atoms with E-state index < -0.39 is 48.7 Å². The molecule has 0 saturated heterocycles. The monoisotopic (exact) mass is 488 g/mol. The molecule has 0 bridgehead atoms. The maximum Gasteiger partial charge on any atom is 0.184 e. The zero-order valence-corrected chi connectivity index (χ0v) is 19.9. The van der Waals surface area contributed by atoms with Crippen LogP contribution in [0.2, 0.25) is 0 Å². The van der Waals surface area contributed by atoms with Gasteiger partial charge in [0.1, 0.15) is 11.5 Å². The highest BCUT2D eigenvalue weighted by molar-refractivity contribution is 7.94. The van der Waals surface area contributed by atoms with Crippen LogP contribution in [0.5, 0.6) is 0 Å². The van der Waals surface area contributed by atoms with Crippen LogP contribution in [-0.2, 0) is 24.5 Å². The molecule has 0 heterocycles. The van der Waals surface area contributed by atoms with Crippen LogP contribution in [0.4, 0.5) is 0 Å². The van der Waals surface area contributed by atoms with Crippen LogP contribution in [0.3, 0.4) is 0 Å². The highest BCUT2D eigenvalue weighted by atomic mass is 32.2. The second kappa shape index (κ2) is 8.81. The Labute approximate surface area is 193 Å². The smallest absolute Gasteiger partial charge is 0.184 e. The van der Waals surface area contributed by atoms with Gasteiger partial charge in [0.15, 0.2) is 31.2 Å². The van der Waals surface area contributed by atoms with Gasteiger partial charge in [0.2, 0.25) is 0 Å². The van der Waals surface area contributed by atoms with Gasteiger partial charge in [-0.1, -0.05) is 61.5 Å². The lowest BCUT2D eigenvalue weighted by Gasteiger charge is -2.36. The van der Waals surface area contributed by atoms with Gasteiger partial charge in [-0.3, -0.25) is 9.59 Å². The van der Waals surface area contributed by atoms with E-state index in [0.29, 0.717) is 5.56 Å². The molecule has 2 aromatic rings. The van der Waals surface area contributed by atoms with E-state index in [4.69, 9.17) is 0 Å². The SMILES string of the molecule is C[C@H]1C=C(S(C)(=O)=O)C=CC1(C(=O)c1ccc(S(C)(=O)=O)cc1)C(=O)C(O)c1ccccc1. The third-order valence-electron chi connectivity index (χ3n) is 5.76. The molecule has 3 atom stereocenters. The Morgan fingerprint density at radius 1 is 0.909 bits per heavy atom.